The number of amides is 2. The van der Waals surface area contributed by atoms with E-state index in [-0.39, 0.29) is 11.7 Å². The van der Waals surface area contributed by atoms with Gasteiger partial charge in [0.05, 0.1) is 0 Å². The van der Waals surface area contributed by atoms with Crippen LogP contribution in [-0.4, -0.2) is 23.4 Å². The van der Waals surface area contributed by atoms with Gasteiger partial charge in [0.1, 0.15) is 11.6 Å². The van der Waals surface area contributed by atoms with Crippen LogP contribution in [0, 0.1) is 5.82 Å². The van der Waals surface area contributed by atoms with Crippen molar-refractivity contribution in [2.75, 3.05) is 6.54 Å². The molecule has 0 saturated carbocycles. The summed E-state index contributed by atoms with van der Waals surface area (Å²) in [6.45, 7) is 0.388. The molecular weight excluding hydrogens is 213 g/mol. The summed E-state index contributed by atoms with van der Waals surface area (Å²) in [5.74, 6) is -0.407. The second kappa shape index (κ2) is 4.30. The number of imide groups is 1. The lowest BCUT2D eigenvalue weighted by Gasteiger charge is -2.12. The second-order valence-corrected chi connectivity index (χ2v) is 3.47. The Balaban J connectivity index is 2.02. The summed E-state index contributed by atoms with van der Waals surface area (Å²) in [6.07, 6.45) is 0.338. The fraction of sp³-hybridized carbons (Fsp3) is 0.273. The van der Waals surface area contributed by atoms with Crippen molar-refractivity contribution in [3.8, 4) is 5.75 Å². The lowest BCUT2D eigenvalue weighted by atomic mass is 10.3. The van der Waals surface area contributed by atoms with E-state index in [0.717, 1.165) is 4.90 Å². The van der Waals surface area contributed by atoms with Gasteiger partial charge < -0.3 is 4.74 Å². The molecule has 1 heterocycles. The van der Waals surface area contributed by atoms with Gasteiger partial charge in [0.15, 0.2) is 0 Å². The quantitative estimate of drug-likeness (QED) is 0.731. The van der Waals surface area contributed by atoms with Crippen molar-refractivity contribution in [2.24, 2.45) is 0 Å². The van der Waals surface area contributed by atoms with Crippen molar-refractivity contribution in [1.82, 2.24) is 4.90 Å². The molecule has 1 aliphatic rings. The Morgan fingerprint density at radius 1 is 1.31 bits per heavy atom. The first-order chi connectivity index (χ1) is 7.66. The molecule has 0 unspecified atom stereocenters. The van der Waals surface area contributed by atoms with Gasteiger partial charge in [0, 0.05) is 13.0 Å². The van der Waals surface area contributed by atoms with E-state index in [1.165, 1.54) is 24.3 Å². The molecule has 0 radical (unpaired) electrons. The molecule has 1 aromatic rings. The zero-order valence-electron chi connectivity index (χ0n) is 8.48. The van der Waals surface area contributed by atoms with Crippen LogP contribution < -0.4 is 4.74 Å². The largest absolute Gasteiger partial charge is 0.421 e. The third kappa shape index (κ3) is 2.18. The number of hydrogen-bond donors (Lipinski definition) is 0. The number of carbonyl (C=O) groups excluding carboxylic acids is 2. The summed E-state index contributed by atoms with van der Waals surface area (Å²) < 4.78 is 17.5. The second-order valence-electron chi connectivity index (χ2n) is 3.47. The molecule has 0 spiro atoms. The number of rotatable bonds is 1. The molecule has 1 aromatic carbocycles. The average molecular weight is 223 g/mol. The van der Waals surface area contributed by atoms with E-state index in [4.69, 9.17) is 4.74 Å². The topological polar surface area (TPSA) is 46.6 Å². The van der Waals surface area contributed by atoms with Gasteiger partial charge >= 0.3 is 6.09 Å². The SMILES string of the molecule is O=C1CCCN1C(=O)Oc1ccc(F)cc1. The zero-order valence-corrected chi connectivity index (χ0v) is 8.48. The Hall–Kier alpha value is -1.91. The number of benzene rings is 1. The standard InChI is InChI=1S/C11H10FNO3/c12-8-3-5-9(6-4-8)16-11(15)13-7-1-2-10(13)14/h3-6H,1-2,7H2. The molecule has 5 heteroatoms. The number of carbonyl (C=O) groups is 2. The molecule has 0 aromatic heterocycles. The molecule has 0 atom stereocenters. The highest BCUT2D eigenvalue weighted by Gasteiger charge is 2.27. The first kappa shape index (κ1) is 10.6. The molecular formula is C11H10FNO3. The molecule has 1 fully saturated rings. The molecule has 16 heavy (non-hydrogen) atoms. The van der Waals surface area contributed by atoms with Gasteiger partial charge in [-0.15, -0.1) is 0 Å². The van der Waals surface area contributed by atoms with Crippen molar-refractivity contribution in [3.05, 3.63) is 30.1 Å². The van der Waals surface area contributed by atoms with E-state index in [1.807, 2.05) is 0 Å². The number of likely N-dealkylation sites (tertiary alicyclic amines) is 1. The molecule has 2 amide bonds. The summed E-state index contributed by atoms with van der Waals surface area (Å²) >= 11 is 0. The van der Waals surface area contributed by atoms with Crippen molar-refractivity contribution < 1.29 is 18.7 Å². The molecule has 4 nitrogen and oxygen atoms in total. The molecule has 2 rings (SSSR count). The van der Waals surface area contributed by atoms with Crippen LogP contribution in [0.25, 0.3) is 0 Å². The van der Waals surface area contributed by atoms with Crippen LogP contribution in [0.2, 0.25) is 0 Å². The minimum Gasteiger partial charge on any atom is -0.410 e. The summed E-state index contributed by atoms with van der Waals surface area (Å²) in [4.78, 5) is 23.8. The number of ether oxygens (including phenoxy) is 1. The van der Waals surface area contributed by atoms with Gasteiger partial charge in [-0.1, -0.05) is 0 Å². The van der Waals surface area contributed by atoms with Crippen molar-refractivity contribution in [2.45, 2.75) is 12.8 Å². The smallest absolute Gasteiger partial charge is 0.410 e. The Bertz CT molecular complexity index is 416. The summed E-state index contributed by atoms with van der Waals surface area (Å²) in [5, 5.41) is 0. The molecule has 0 aliphatic carbocycles. The summed E-state index contributed by atoms with van der Waals surface area (Å²) in [7, 11) is 0. The summed E-state index contributed by atoms with van der Waals surface area (Å²) in [6, 6.07) is 5.06. The highest BCUT2D eigenvalue weighted by Crippen LogP contribution is 2.15. The predicted molar refractivity (Wildman–Crippen MR) is 53.4 cm³/mol. The van der Waals surface area contributed by atoms with Gasteiger partial charge in [-0.25, -0.2) is 14.1 Å². The average Bonchev–Trinajstić information content (AvgIpc) is 2.68. The Labute approximate surface area is 91.6 Å². The predicted octanol–water partition coefficient (Wildman–Crippen LogP) is 1.95. The van der Waals surface area contributed by atoms with Crippen molar-refractivity contribution in [1.29, 1.82) is 0 Å². The van der Waals surface area contributed by atoms with Crippen molar-refractivity contribution >= 4 is 12.0 Å². The molecule has 84 valence electrons. The van der Waals surface area contributed by atoms with E-state index in [9.17, 15) is 14.0 Å². The normalized spacial score (nSPS) is 15.3. The van der Waals surface area contributed by atoms with Crippen LogP contribution in [0.1, 0.15) is 12.8 Å². The minimum atomic E-state index is -0.700. The van der Waals surface area contributed by atoms with Crippen LogP contribution in [0.4, 0.5) is 9.18 Å². The third-order valence-electron chi connectivity index (χ3n) is 2.31. The monoisotopic (exact) mass is 223 g/mol. The third-order valence-corrected chi connectivity index (χ3v) is 2.31. The fourth-order valence-electron chi connectivity index (χ4n) is 1.50. The van der Waals surface area contributed by atoms with Gasteiger partial charge in [-0.3, -0.25) is 4.79 Å². The number of halogens is 1. The molecule has 0 N–H and O–H groups in total. The van der Waals surface area contributed by atoms with Crippen LogP contribution in [0.3, 0.4) is 0 Å². The highest BCUT2D eigenvalue weighted by atomic mass is 19.1. The Kier molecular flexibility index (Phi) is 2.85. The van der Waals surface area contributed by atoms with E-state index in [1.54, 1.807) is 0 Å². The minimum absolute atomic E-state index is 0.228. The van der Waals surface area contributed by atoms with Gasteiger partial charge in [-0.05, 0) is 30.7 Å². The Morgan fingerprint density at radius 3 is 2.56 bits per heavy atom. The maximum Gasteiger partial charge on any atom is 0.421 e. The first-order valence-electron chi connectivity index (χ1n) is 4.94. The van der Waals surface area contributed by atoms with Crippen LogP contribution in [0.5, 0.6) is 5.75 Å². The lowest BCUT2D eigenvalue weighted by molar-refractivity contribution is -0.125. The molecule has 0 bridgehead atoms. The first-order valence-corrected chi connectivity index (χ1v) is 4.94. The Morgan fingerprint density at radius 2 is 2.00 bits per heavy atom. The fourth-order valence-corrected chi connectivity index (χ4v) is 1.50. The molecule has 1 aliphatic heterocycles. The van der Waals surface area contributed by atoms with Gasteiger partial charge in [0.25, 0.3) is 0 Å². The van der Waals surface area contributed by atoms with Crippen LogP contribution >= 0.6 is 0 Å². The highest BCUT2D eigenvalue weighted by molar-refractivity contribution is 5.94. The van der Waals surface area contributed by atoms with Gasteiger partial charge in [-0.2, -0.15) is 0 Å². The van der Waals surface area contributed by atoms with Crippen LogP contribution in [0.15, 0.2) is 24.3 Å². The number of nitrogens with zero attached hydrogens (tertiary/aromatic N) is 1. The van der Waals surface area contributed by atoms with Gasteiger partial charge in [0.2, 0.25) is 5.91 Å². The summed E-state index contributed by atoms with van der Waals surface area (Å²) in [5.41, 5.74) is 0. The maximum absolute atomic E-state index is 12.6. The van der Waals surface area contributed by atoms with E-state index in [0.29, 0.717) is 19.4 Å². The van der Waals surface area contributed by atoms with Crippen molar-refractivity contribution in [3.63, 3.8) is 0 Å². The molecule has 1 saturated heterocycles. The lowest BCUT2D eigenvalue weighted by Crippen LogP contribution is -2.34. The number of hydrogen-bond acceptors (Lipinski definition) is 3. The zero-order chi connectivity index (χ0) is 11.5. The van der Waals surface area contributed by atoms with E-state index in [2.05, 4.69) is 0 Å². The van der Waals surface area contributed by atoms with E-state index < -0.39 is 11.9 Å². The maximum atomic E-state index is 12.6. The van der Waals surface area contributed by atoms with E-state index >= 15 is 0 Å². The van der Waals surface area contributed by atoms with Crippen LogP contribution in [-0.2, 0) is 4.79 Å².